The molecule has 1 N–H and O–H groups in total. The number of carbonyl (C=O) groups excluding carboxylic acids is 1. The van der Waals surface area contributed by atoms with Crippen LogP contribution in [0.25, 0.3) is 0 Å². The number of nitriles is 1. The Labute approximate surface area is 109 Å². The van der Waals surface area contributed by atoms with Crippen LogP contribution in [0.15, 0.2) is 0 Å². The third kappa shape index (κ3) is 2.67. The first-order valence-corrected chi connectivity index (χ1v) is 6.98. The van der Waals surface area contributed by atoms with Gasteiger partial charge in [-0.3, -0.25) is 4.79 Å². The van der Waals surface area contributed by atoms with E-state index >= 15 is 0 Å². The summed E-state index contributed by atoms with van der Waals surface area (Å²) in [6, 6.07) is 2.48. The molecule has 1 saturated carbocycles. The minimum atomic E-state index is -0.852. The van der Waals surface area contributed by atoms with E-state index in [4.69, 9.17) is 4.74 Å². The second kappa shape index (κ2) is 5.71. The third-order valence-electron chi connectivity index (χ3n) is 4.42. The molecule has 1 heterocycles. The average molecular weight is 250 g/mol. The molecule has 2 unspecified atom stereocenters. The predicted molar refractivity (Wildman–Crippen MR) is 67.7 cm³/mol. The summed E-state index contributed by atoms with van der Waals surface area (Å²) in [5, 5.41) is 12.5. The van der Waals surface area contributed by atoms with Gasteiger partial charge in [-0.2, -0.15) is 5.26 Å². The first-order chi connectivity index (χ1) is 8.68. The maximum absolute atomic E-state index is 12.4. The maximum atomic E-state index is 12.4. The van der Waals surface area contributed by atoms with Gasteiger partial charge in [0.15, 0.2) is 0 Å². The molecule has 0 bridgehead atoms. The van der Waals surface area contributed by atoms with Crippen molar-refractivity contribution in [2.45, 2.75) is 51.5 Å². The maximum Gasteiger partial charge on any atom is 0.240 e. The number of carbonyl (C=O) groups is 1. The summed E-state index contributed by atoms with van der Waals surface area (Å²) in [5.74, 6) is 0.449. The topological polar surface area (TPSA) is 62.1 Å². The molecule has 2 aliphatic rings. The second-order valence-corrected chi connectivity index (χ2v) is 5.65. The summed E-state index contributed by atoms with van der Waals surface area (Å²) in [6.45, 7) is 3.22. The number of rotatable bonds is 2. The first-order valence-electron chi connectivity index (χ1n) is 6.98. The van der Waals surface area contributed by atoms with Crippen molar-refractivity contribution < 1.29 is 9.53 Å². The highest BCUT2D eigenvalue weighted by Gasteiger charge is 2.41. The number of hydrogen-bond acceptors (Lipinski definition) is 3. The van der Waals surface area contributed by atoms with Gasteiger partial charge in [0.25, 0.3) is 0 Å². The van der Waals surface area contributed by atoms with E-state index in [0.717, 1.165) is 6.42 Å². The van der Waals surface area contributed by atoms with Gasteiger partial charge in [-0.15, -0.1) is 0 Å². The summed E-state index contributed by atoms with van der Waals surface area (Å²) in [6.07, 6.45) is 5.70. The Morgan fingerprint density at radius 3 is 2.61 bits per heavy atom. The molecule has 1 aliphatic heterocycles. The van der Waals surface area contributed by atoms with E-state index in [1.165, 1.54) is 19.3 Å². The van der Waals surface area contributed by atoms with Crippen molar-refractivity contribution in [2.75, 3.05) is 13.2 Å². The van der Waals surface area contributed by atoms with Crippen LogP contribution in [0.5, 0.6) is 0 Å². The molecule has 4 nitrogen and oxygen atoms in total. The van der Waals surface area contributed by atoms with Gasteiger partial charge in [-0.05, 0) is 31.6 Å². The predicted octanol–water partition coefficient (Wildman–Crippen LogP) is 2.00. The SMILES string of the molecule is CC1CCCCC1NC(=O)C1(C#N)CCOCC1. The molecule has 18 heavy (non-hydrogen) atoms. The molecule has 1 amide bonds. The van der Waals surface area contributed by atoms with Gasteiger partial charge in [0.1, 0.15) is 5.41 Å². The van der Waals surface area contributed by atoms with Gasteiger partial charge in [0.2, 0.25) is 5.91 Å². The fourth-order valence-corrected chi connectivity index (χ4v) is 2.95. The van der Waals surface area contributed by atoms with Crippen molar-refractivity contribution in [3.63, 3.8) is 0 Å². The molecule has 0 aromatic carbocycles. The molecule has 0 aromatic heterocycles. The molecule has 2 atom stereocenters. The lowest BCUT2D eigenvalue weighted by atomic mass is 9.79. The van der Waals surface area contributed by atoms with Crippen molar-refractivity contribution in [3.8, 4) is 6.07 Å². The van der Waals surface area contributed by atoms with E-state index in [-0.39, 0.29) is 11.9 Å². The van der Waals surface area contributed by atoms with Crippen molar-refractivity contribution >= 4 is 5.91 Å². The largest absolute Gasteiger partial charge is 0.381 e. The lowest BCUT2D eigenvalue weighted by molar-refractivity contribution is -0.133. The quantitative estimate of drug-likeness (QED) is 0.815. The van der Waals surface area contributed by atoms with E-state index in [9.17, 15) is 10.1 Å². The van der Waals surface area contributed by atoms with Crippen LogP contribution >= 0.6 is 0 Å². The number of nitrogens with zero attached hydrogens (tertiary/aromatic N) is 1. The van der Waals surface area contributed by atoms with Crippen molar-refractivity contribution in [1.29, 1.82) is 5.26 Å². The standard InChI is InChI=1S/C14H22N2O2/c1-11-4-2-3-5-12(11)16-13(17)14(10-15)6-8-18-9-7-14/h11-12H,2-9H2,1H3,(H,16,17). The number of ether oxygens (including phenoxy) is 1. The third-order valence-corrected chi connectivity index (χ3v) is 4.42. The summed E-state index contributed by atoms with van der Waals surface area (Å²) in [4.78, 5) is 12.4. The smallest absolute Gasteiger partial charge is 0.240 e. The zero-order valence-electron chi connectivity index (χ0n) is 11.1. The second-order valence-electron chi connectivity index (χ2n) is 5.65. The van der Waals surface area contributed by atoms with E-state index in [1.54, 1.807) is 0 Å². The van der Waals surface area contributed by atoms with Gasteiger partial charge < -0.3 is 10.1 Å². The van der Waals surface area contributed by atoms with E-state index < -0.39 is 5.41 Å². The van der Waals surface area contributed by atoms with E-state index in [2.05, 4.69) is 18.3 Å². The molecule has 4 heteroatoms. The van der Waals surface area contributed by atoms with Crippen LogP contribution in [-0.2, 0) is 9.53 Å². The molecule has 1 aliphatic carbocycles. The average Bonchev–Trinajstić information content (AvgIpc) is 2.42. The van der Waals surface area contributed by atoms with Crippen LogP contribution in [-0.4, -0.2) is 25.2 Å². The molecular weight excluding hydrogens is 228 g/mol. The lowest BCUT2D eigenvalue weighted by Crippen LogP contribution is -2.50. The molecule has 1 saturated heterocycles. The summed E-state index contributed by atoms with van der Waals surface area (Å²) in [7, 11) is 0. The van der Waals surface area contributed by atoms with E-state index in [1.807, 2.05) is 0 Å². The zero-order chi connectivity index (χ0) is 13.0. The summed E-state index contributed by atoms with van der Waals surface area (Å²) < 4.78 is 5.26. The monoisotopic (exact) mass is 250 g/mol. The minimum absolute atomic E-state index is 0.0768. The van der Waals surface area contributed by atoms with Crippen LogP contribution in [0, 0.1) is 22.7 Å². The fraction of sp³-hybridized carbons (Fsp3) is 0.857. The van der Waals surface area contributed by atoms with Gasteiger partial charge in [-0.1, -0.05) is 19.8 Å². The van der Waals surface area contributed by atoms with Crippen LogP contribution in [0.3, 0.4) is 0 Å². The van der Waals surface area contributed by atoms with Gasteiger partial charge in [0, 0.05) is 19.3 Å². The summed E-state index contributed by atoms with van der Waals surface area (Å²) >= 11 is 0. The Kier molecular flexibility index (Phi) is 4.23. The molecule has 0 spiro atoms. The highest BCUT2D eigenvalue weighted by atomic mass is 16.5. The Morgan fingerprint density at radius 2 is 2.00 bits per heavy atom. The van der Waals surface area contributed by atoms with Gasteiger partial charge in [0.05, 0.1) is 6.07 Å². The number of hydrogen-bond donors (Lipinski definition) is 1. The first kappa shape index (κ1) is 13.4. The zero-order valence-corrected chi connectivity index (χ0v) is 11.1. The van der Waals surface area contributed by atoms with Crippen molar-refractivity contribution in [2.24, 2.45) is 11.3 Å². The molecule has 2 rings (SSSR count). The molecule has 100 valence electrons. The van der Waals surface area contributed by atoms with Gasteiger partial charge >= 0.3 is 0 Å². The van der Waals surface area contributed by atoms with Crippen LogP contribution in [0.4, 0.5) is 0 Å². The lowest BCUT2D eigenvalue weighted by Gasteiger charge is -2.34. The van der Waals surface area contributed by atoms with Crippen LogP contribution in [0.2, 0.25) is 0 Å². The highest BCUT2D eigenvalue weighted by molar-refractivity contribution is 5.85. The highest BCUT2D eigenvalue weighted by Crippen LogP contribution is 2.31. The normalized spacial score (nSPS) is 31.3. The number of amides is 1. The Hall–Kier alpha value is -1.08. The van der Waals surface area contributed by atoms with Crippen LogP contribution in [0.1, 0.15) is 45.4 Å². The minimum Gasteiger partial charge on any atom is -0.381 e. The Balaban J connectivity index is 1.99. The molecule has 0 radical (unpaired) electrons. The summed E-state index contributed by atoms with van der Waals surface area (Å²) in [5.41, 5.74) is -0.852. The Bertz CT molecular complexity index is 342. The molecular formula is C14H22N2O2. The number of nitrogens with one attached hydrogen (secondary N) is 1. The van der Waals surface area contributed by atoms with Gasteiger partial charge in [-0.25, -0.2) is 0 Å². The van der Waals surface area contributed by atoms with Crippen LogP contribution < -0.4 is 5.32 Å². The Morgan fingerprint density at radius 1 is 1.33 bits per heavy atom. The molecule has 2 fully saturated rings. The fourth-order valence-electron chi connectivity index (χ4n) is 2.95. The van der Waals surface area contributed by atoms with Crippen molar-refractivity contribution in [3.05, 3.63) is 0 Å². The molecule has 0 aromatic rings. The van der Waals surface area contributed by atoms with E-state index in [0.29, 0.717) is 32.0 Å². The van der Waals surface area contributed by atoms with Crippen molar-refractivity contribution in [1.82, 2.24) is 5.32 Å².